The van der Waals surface area contributed by atoms with Crippen LogP contribution >= 0.6 is 0 Å². The first-order chi connectivity index (χ1) is 11.6. The molecule has 0 atom stereocenters. The fourth-order valence-corrected chi connectivity index (χ4v) is 3.51. The standard InChI is InChI=1S/C16H16O7S2/c1-12-3-7-14(8-4-12)24(18,19)22-11-16(17)23-25(20,21)15-9-5-13(2)6-10-15/h3-10H,11H2,1-2H3. The first kappa shape index (κ1) is 19.1. The molecule has 0 aliphatic rings. The van der Waals surface area contributed by atoms with E-state index in [0.717, 1.165) is 11.1 Å². The van der Waals surface area contributed by atoms with Gasteiger partial charge in [-0.3, -0.25) is 4.18 Å². The van der Waals surface area contributed by atoms with Crippen molar-refractivity contribution in [1.82, 2.24) is 0 Å². The number of aryl methyl sites for hydroxylation is 2. The van der Waals surface area contributed by atoms with Crippen LogP contribution in [0.3, 0.4) is 0 Å². The maximum absolute atomic E-state index is 11.9. The van der Waals surface area contributed by atoms with E-state index in [2.05, 4.69) is 8.37 Å². The largest absolute Gasteiger partial charge is 0.349 e. The smallest absolute Gasteiger partial charge is 0.340 e. The Morgan fingerprint density at radius 3 is 1.60 bits per heavy atom. The maximum Gasteiger partial charge on any atom is 0.349 e. The van der Waals surface area contributed by atoms with Gasteiger partial charge in [0.25, 0.3) is 10.1 Å². The molecule has 7 nitrogen and oxygen atoms in total. The van der Waals surface area contributed by atoms with E-state index in [1.54, 1.807) is 38.1 Å². The van der Waals surface area contributed by atoms with E-state index in [4.69, 9.17) is 0 Å². The summed E-state index contributed by atoms with van der Waals surface area (Å²) < 4.78 is 56.7. The van der Waals surface area contributed by atoms with E-state index in [9.17, 15) is 21.6 Å². The predicted octanol–water partition coefficient (Wildman–Crippen LogP) is 1.94. The molecule has 0 saturated carbocycles. The lowest BCUT2D eigenvalue weighted by atomic mass is 10.2. The third-order valence-electron chi connectivity index (χ3n) is 3.15. The summed E-state index contributed by atoms with van der Waals surface area (Å²) in [6.07, 6.45) is 0. The Balaban J connectivity index is 2.02. The van der Waals surface area contributed by atoms with Crippen LogP contribution < -0.4 is 0 Å². The van der Waals surface area contributed by atoms with Crippen LogP contribution in [-0.4, -0.2) is 29.4 Å². The van der Waals surface area contributed by atoms with Crippen molar-refractivity contribution in [2.75, 3.05) is 6.61 Å². The van der Waals surface area contributed by atoms with Gasteiger partial charge in [-0.2, -0.15) is 16.8 Å². The summed E-state index contributed by atoms with van der Waals surface area (Å²) in [5.41, 5.74) is 1.68. The van der Waals surface area contributed by atoms with Crippen LogP contribution in [0.15, 0.2) is 58.3 Å². The molecule has 2 aromatic carbocycles. The second-order valence-electron chi connectivity index (χ2n) is 5.25. The van der Waals surface area contributed by atoms with Gasteiger partial charge in [0.15, 0.2) is 6.61 Å². The van der Waals surface area contributed by atoms with Crippen LogP contribution in [0.1, 0.15) is 11.1 Å². The second-order valence-corrected chi connectivity index (χ2v) is 8.41. The molecule has 9 heteroatoms. The van der Waals surface area contributed by atoms with Crippen molar-refractivity contribution in [2.24, 2.45) is 0 Å². The predicted molar refractivity (Wildman–Crippen MR) is 88.8 cm³/mol. The van der Waals surface area contributed by atoms with Crippen molar-refractivity contribution < 1.29 is 30.0 Å². The normalized spacial score (nSPS) is 11.9. The van der Waals surface area contributed by atoms with Crippen LogP contribution in [0.2, 0.25) is 0 Å². The zero-order valence-electron chi connectivity index (χ0n) is 13.5. The SMILES string of the molecule is Cc1ccc(S(=O)(=O)OCC(=O)OS(=O)(=O)c2ccc(C)cc2)cc1. The number of carbonyl (C=O) groups excluding carboxylic acids is 1. The average molecular weight is 384 g/mol. The van der Waals surface area contributed by atoms with Gasteiger partial charge in [-0.1, -0.05) is 35.4 Å². The lowest BCUT2D eigenvalue weighted by Gasteiger charge is -2.07. The highest BCUT2D eigenvalue weighted by atomic mass is 32.2. The van der Waals surface area contributed by atoms with E-state index < -0.39 is 32.8 Å². The molecule has 0 aromatic heterocycles. The average Bonchev–Trinajstić information content (AvgIpc) is 2.53. The van der Waals surface area contributed by atoms with E-state index >= 15 is 0 Å². The van der Waals surface area contributed by atoms with E-state index in [1.165, 1.54) is 24.3 Å². The zero-order chi connectivity index (χ0) is 18.7. The number of hydrogen-bond donors (Lipinski definition) is 0. The monoisotopic (exact) mass is 384 g/mol. The zero-order valence-corrected chi connectivity index (χ0v) is 15.1. The van der Waals surface area contributed by atoms with Crippen LogP contribution in [0.25, 0.3) is 0 Å². The molecule has 0 bridgehead atoms. The van der Waals surface area contributed by atoms with Crippen molar-refractivity contribution in [2.45, 2.75) is 23.6 Å². The Labute approximate surface area is 146 Å². The summed E-state index contributed by atoms with van der Waals surface area (Å²) >= 11 is 0. The molecule has 0 saturated heterocycles. The van der Waals surface area contributed by atoms with Gasteiger partial charge in [0.05, 0.1) is 4.90 Å². The lowest BCUT2D eigenvalue weighted by molar-refractivity contribution is -0.136. The van der Waals surface area contributed by atoms with Gasteiger partial charge < -0.3 is 4.18 Å². The van der Waals surface area contributed by atoms with Crippen molar-refractivity contribution in [3.8, 4) is 0 Å². The minimum atomic E-state index is -4.34. The lowest BCUT2D eigenvalue weighted by Crippen LogP contribution is -2.20. The highest BCUT2D eigenvalue weighted by Crippen LogP contribution is 2.15. The van der Waals surface area contributed by atoms with Crippen molar-refractivity contribution >= 4 is 26.2 Å². The summed E-state index contributed by atoms with van der Waals surface area (Å²) in [4.78, 5) is 11.3. The minimum Gasteiger partial charge on any atom is -0.340 e. The molecule has 0 spiro atoms. The number of hydrogen-bond acceptors (Lipinski definition) is 7. The molecule has 134 valence electrons. The highest BCUT2D eigenvalue weighted by molar-refractivity contribution is 7.87. The number of carbonyl (C=O) groups is 1. The Hall–Kier alpha value is -2.23. The first-order valence-corrected chi connectivity index (χ1v) is 9.92. The summed E-state index contributed by atoms with van der Waals surface area (Å²) in [5, 5.41) is 0. The topological polar surface area (TPSA) is 104 Å². The second kappa shape index (κ2) is 7.34. The molecular formula is C16H16O7S2. The molecule has 0 N–H and O–H groups in total. The third-order valence-corrected chi connectivity index (χ3v) is 5.69. The molecular weight excluding hydrogens is 368 g/mol. The Morgan fingerprint density at radius 2 is 1.16 bits per heavy atom. The Morgan fingerprint density at radius 1 is 0.760 bits per heavy atom. The molecule has 0 unspecified atom stereocenters. The molecule has 2 aromatic rings. The molecule has 0 aliphatic carbocycles. The molecule has 0 fully saturated rings. The van der Waals surface area contributed by atoms with E-state index in [-0.39, 0.29) is 9.79 Å². The van der Waals surface area contributed by atoms with Gasteiger partial charge in [-0.05, 0) is 38.1 Å². The van der Waals surface area contributed by atoms with Crippen LogP contribution in [0, 0.1) is 13.8 Å². The van der Waals surface area contributed by atoms with Crippen molar-refractivity contribution in [3.05, 3.63) is 59.7 Å². The van der Waals surface area contributed by atoms with Crippen LogP contribution in [-0.2, 0) is 33.4 Å². The van der Waals surface area contributed by atoms with Gasteiger partial charge >= 0.3 is 16.1 Å². The third kappa shape index (κ3) is 5.12. The fraction of sp³-hybridized carbons (Fsp3) is 0.188. The van der Waals surface area contributed by atoms with Crippen LogP contribution in [0.4, 0.5) is 0 Å². The Kier molecular flexibility index (Phi) is 5.61. The van der Waals surface area contributed by atoms with Crippen molar-refractivity contribution in [3.63, 3.8) is 0 Å². The van der Waals surface area contributed by atoms with Gasteiger partial charge in [-0.25, -0.2) is 4.79 Å². The summed E-state index contributed by atoms with van der Waals surface area (Å²) in [6, 6.07) is 11.4. The molecule has 0 radical (unpaired) electrons. The van der Waals surface area contributed by atoms with Crippen LogP contribution in [0.5, 0.6) is 0 Å². The molecule has 0 heterocycles. The Bertz CT molecular complexity index is 958. The van der Waals surface area contributed by atoms with E-state index in [0.29, 0.717) is 0 Å². The highest BCUT2D eigenvalue weighted by Gasteiger charge is 2.23. The quantitative estimate of drug-likeness (QED) is 0.701. The number of rotatable bonds is 6. The molecule has 2 rings (SSSR count). The van der Waals surface area contributed by atoms with E-state index in [1.807, 2.05) is 0 Å². The molecule has 0 amide bonds. The van der Waals surface area contributed by atoms with Gasteiger partial charge in [0, 0.05) is 0 Å². The minimum absolute atomic E-state index is 0.146. The molecule has 0 aliphatic heterocycles. The summed E-state index contributed by atoms with van der Waals surface area (Å²) in [5.74, 6) is -1.34. The maximum atomic E-state index is 11.9. The fourth-order valence-electron chi connectivity index (χ4n) is 1.80. The van der Waals surface area contributed by atoms with Gasteiger partial charge in [0.2, 0.25) is 0 Å². The summed E-state index contributed by atoms with van der Waals surface area (Å²) in [7, 11) is -8.53. The summed E-state index contributed by atoms with van der Waals surface area (Å²) in [6.45, 7) is 2.50. The van der Waals surface area contributed by atoms with Gasteiger partial charge in [-0.15, -0.1) is 0 Å². The molecule has 25 heavy (non-hydrogen) atoms. The first-order valence-electron chi connectivity index (χ1n) is 7.10. The number of benzene rings is 2. The van der Waals surface area contributed by atoms with Gasteiger partial charge in [0.1, 0.15) is 4.90 Å². The van der Waals surface area contributed by atoms with Crippen molar-refractivity contribution in [1.29, 1.82) is 0 Å².